The number of fused-ring (bicyclic) bond motifs is 2. The fourth-order valence-electron chi connectivity index (χ4n) is 4.56. The number of allylic oxidation sites excluding steroid dienone is 2. The number of carbonyl (C=O) groups excluding carboxylic acids is 1. The molecule has 9 heteroatoms. The number of esters is 1. The van der Waals surface area contributed by atoms with Crippen molar-refractivity contribution >= 4 is 35.5 Å². The van der Waals surface area contributed by atoms with Crippen LogP contribution in [0.15, 0.2) is 74.5 Å². The SMILES string of the molecule is C#CCOC(=O)C1=CNC(C)=C(P2(=O)OCC(C)(C)CO2)C1c1cccc2c(=O)c3ccccc3oc12. The molecule has 2 aliphatic heterocycles. The minimum absolute atomic E-state index is 0.131. The van der Waals surface area contributed by atoms with Crippen LogP contribution in [0.3, 0.4) is 0 Å². The summed E-state index contributed by atoms with van der Waals surface area (Å²) in [5.74, 6) is 0.626. The Balaban J connectivity index is 1.76. The van der Waals surface area contributed by atoms with Crippen LogP contribution in [-0.4, -0.2) is 25.8 Å². The Morgan fingerprint density at radius 3 is 2.59 bits per heavy atom. The normalized spacial score (nSPS) is 20.7. The molecule has 190 valence electrons. The van der Waals surface area contributed by atoms with E-state index >= 15 is 0 Å². The summed E-state index contributed by atoms with van der Waals surface area (Å²) >= 11 is 0. The van der Waals surface area contributed by atoms with Crippen LogP contribution >= 0.6 is 7.60 Å². The number of para-hydroxylation sites is 2. The lowest BCUT2D eigenvalue weighted by Crippen LogP contribution is -2.32. The van der Waals surface area contributed by atoms with Crippen molar-refractivity contribution in [1.82, 2.24) is 5.32 Å². The second-order valence-corrected chi connectivity index (χ2v) is 11.8. The maximum absolute atomic E-state index is 14.2. The van der Waals surface area contributed by atoms with Gasteiger partial charge >= 0.3 is 13.6 Å². The average molecular weight is 519 g/mol. The van der Waals surface area contributed by atoms with Gasteiger partial charge in [0.15, 0.2) is 6.61 Å². The number of benzene rings is 2. The lowest BCUT2D eigenvalue weighted by Gasteiger charge is -2.38. The first kappa shape index (κ1) is 25.0. The summed E-state index contributed by atoms with van der Waals surface area (Å²) < 4.78 is 37.5. The summed E-state index contributed by atoms with van der Waals surface area (Å²) in [7, 11) is -3.88. The quantitative estimate of drug-likeness (QED) is 0.217. The van der Waals surface area contributed by atoms with E-state index in [-0.39, 0.29) is 47.1 Å². The maximum atomic E-state index is 14.2. The zero-order chi connectivity index (χ0) is 26.4. The molecule has 0 spiro atoms. The molecule has 2 aromatic carbocycles. The highest BCUT2D eigenvalue weighted by molar-refractivity contribution is 7.58. The molecule has 8 nitrogen and oxygen atoms in total. The monoisotopic (exact) mass is 519 g/mol. The molecular formula is C28H26NO7P. The van der Waals surface area contributed by atoms with Crippen molar-refractivity contribution in [3.63, 3.8) is 0 Å². The standard InChI is InChI=1S/C28H26NO7P/c1-5-13-33-27(31)21-14-29-17(2)26(37(32)34-15-28(3,4)16-35-37)23(21)19-10-8-11-20-24(30)18-9-6-7-12-22(18)36-25(19)20/h1,6-12,14,23,29H,13,15-16H2,2-4H3. The third kappa shape index (κ3) is 4.40. The van der Waals surface area contributed by atoms with Gasteiger partial charge in [0.2, 0.25) is 5.43 Å². The van der Waals surface area contributed by atoms with E-state index in [1.807, 2.05) is 13.8 Å². The van der Waals surface area contributed by atoms with Crippen LogP contribution in [0.4, 0.5) is 0 Å². The predicted octanol–water partition coefficient (Wildman–Crippen LogP) is 5.19. The number of nitrogens with one attached hydrogen (secondary N) is 1. The fourth-order valence-corrected chi connectivity index (χ4v) is 7.02. The number of hydrogen-bond acceptors (Lipinski definition) is 8. The maximum Gasteiger partial charge on any atom is 0.360 e. The van der Waals surface area contributed by atoms with Crippen LogP contribution < -0.4 is 10.7 Å². The summed E-state index contributed by atoms with van der Waals surface area (Å²) in [4.78, 5) is 26.5. The fraction of sp³-hybridized carbons (Fsp3) is 0.286. The first-order chi connectivity index (χ1) is 17.6. The van der Waals surface area contributed by atoms with Crippen LogP contribution in [0.1, 0.15) is 32.3 Å². The van der Waals surface area contributed by atoms with Crippen molar-refractivity contribution in [1.29, 1.82) is 0 Å². The van der Waals surface area contributed by atoms with E-state index in [4.69, 9.17) is 24.6 Å². The summed E-state index contributed by atoms with van der Waals surface area (Å²) in [6.45, 7) is 5.77. The summed E-state index contributed by atoms with van der Waals surface area (Å²) in [5, 5.41) is 4.02. The number of carbonyl (C=O) groups is 1. The molecule has 5 rings (SSSR count). The number of hydrogen-bond donors (Lipinski definition) is 1. The zero-order valence-electron chi connectivity index (χ0n) is 20.7. The van der Waals surface area contributed by atoms with Gasteiger partial charge in [0.25, 0.3) is 0 Å². The van der Waals surface area contributed by atoms with Gasteiger partial charge < -0.3 is 23.5 Å². The lowest BCUT2D eigenvalue weighted by molar-refractivity contribution is -0.137. The number of rotatable bonds is 4. The van der Waals surface area contributed by atoms with Gasteiger partial charge in [0.05, 0.1) is 40.8 Å². The molecule has 0 amide bonds. The minimum Gasteiger partial charge on any atom is -0.455 e. The van der Waals surface area contributed by atoms with E-state index in [9.17, 15) is 14.2 Å². The predicted molar refractivity (Wildman–Crippen MR) is 140 cm³/mol. The summed E-state index contributed by atoms with van der Waals surface area (Å²) in [6.07, 6.45) is 6.79. The van der Waals surface area contributed by atoms with Crippen molar-refractivity contribution in [2.24, 2.45) is 5.41 Å². The third-order valence-corrected chi connectivity index (χ3v) is 8.55. The van der Waals surface area contributed by atoms with E-state index in [0.29, 0.717) is 27.6 Å². The van der Waals surface area contributed by atoms with Crippen molar-refractivity contribution in [2.75, 3.05) is 19.8 Å². The van der Waals surface area contributed by atoms with Crippen LogP contribution in [0.5, 0.6) is 0 Å². The third-order valence-electron chi connectivity index (χ3n) is 6.43. The Kier molecular flexibility index (Phi) is 6.33. The second-order valence-electron chi connectivity index (χ2n) is 9.83. The van der Waals surface area contributed by atoms with Crippen molar-refractivity contribution in [2.45, 2.75) is 26.7 Å². The molecule has 1 fully saturated rings. The average Bonchev–Trinajstić information content (AvgIpc) is 2.89. The highest BCUT2D eigenvalue weighted by Crippen LogP contribution is 2.66. The molecule has 0 saturated carbocycles. The summed E-state index contributed by atoms with van der Waals surface area (Å²) in [6, 6.07) is 12.0. The number of ether oxygens (including phenoxy) is 1. The molecule has 37 heavy (non-hydrogen) atoms. The van der Waals surface area contributed by atoms with Crippen LogP contribution in [-0.2, 0) is 23.1 Å². The smallest absolute Gasteiger partial charge is 0.360 e. The van der Waals surface area contributed by atoms with Gasteiger partial charge in [-0.1, -0.05) is 44.0 Å². The Bertz CT molecular complexity index is 1630. The molecule has 3 aromatic rings. The second kappa shape index (κ2) is 9.35. The van der Waals surface area contributed by atoms with Crippen molar-refractivity contribution in [3.05, 3.63) is 81.0 Å². The summed E-state index contributed by atoms with van der Waals surface area (Å²) in [5.41, 5.74) is 1.19. The molecule has 0 radical (unpaired) electrons. The van der Waals surface area contributed by atoms with Gasteiger partial charge in [-0.25, -0.2) is 4.79 Å². The molecule has 1 saturated heterocycles. The molecule has 0 bridgehead atoms. The first-order valence-corrected chi connectivity index (χ1v) is 13.3. The van der Waals surface area contributed by atoms with E-state index in [1.54, 1.807) is 49.4 Å². The van der Waals surface area contributed by atoms with Gasteiger partial charge in [0, 0.05) is 22.9 Å². The number of dihydropyridines is 1. The Morgan fingerprint density at radius 1 is 1.16 bits per heavy atom. The van der Waals surface area contributed by atoms with Crippen LogP contribution in [0.2, 0.25) is 0 Å². The van der Waals surface area contributed by atoms with Gasteiger partial charge in [-0.2, -0.15) is 0 Å². The zero-order valence-corrected chi connectivity index (χ0v) is 21.6. The molecule has 3 heterocycles. The van der Waals surface area contributed by atoms with Crippen LogP contribution in [0.25, 0.3) is 21.9 Å². The van der Waals surface area contributed by atoms with E-state index in [1.165, 1.54) is 6.20 Å². The molecule has 2 aliphatic rings. The lowest BCUT2D eigenvalue weighted by atomic mass is 9.87. The van der Waals surface area contributed by atoms with Crippen LogP contribution in [0, 0.1) is 17.8 Å². The molecule has 1 unspecified atom stereocenters. The van der Waals surface area contributed by atoms with Crippen molar-refractivity contribution in [3.8, 4) is 12.3 Å². The van der Waals surface area contributed by atoms with E-state index in [0.717, 1.165) is 0 Å². The van der Waals surface area contributed by atoms with E-state index in [2.05, 4.69) is 11.2 Å². The molecule has 1 atom stereocenters. The number of terminal acetylenes is 1. The first-order valence-electron chi connectivity index (χ1n) is 11.8. The Morgan fingerprint density at radius 2 is 1.86 bits per heavy atom. The Labute approximate surface area is 213 Å². The Hall–Kier alpha value is -3.63. The van der Waals surface area contributed by atoms with Gasteiger partial charge in [-0.3, -0.25) is 9.36 Å². The molecule has 0 aliphatic carbocycles. The largest absolute Gasteiger partial charge is 0.455 e. The topological polar surface area (TPSA) is 104 Å². The molecule has 1 N–H and O–H groups in total. The highest BCUT2D eigenvalue weighted by atomic mass is 31.2. The molecule has 1 aromatic heterocycles. The van der Waals surface area contributed by atoms with Crippen molar-refractivity contribution < 1.29 is 27.6 Å². The molecular weight excluding hydrogens is 493 g/mol. The van der Waals surface area contributed by atoms with Gasteiger partial charge in [0.1, 0.15) is 11.2 Å². The van der Waals surface area contributed by atoms with Gasteiger partial charge in [-0.15, -0.1) is 6.42 Å². The van der Waals surface area contributed by atoms with E-state index < -0.39 is 19.5 Å². The highest BCUT2D eigenvalue weighted by Gasteiger charge is 2.48. The van der Waals surface area contributed by atoms with Gasteiger partial charge in [-0.05, 0) is 25.1 Å². The minimum atomic E-state index is -3.88.